The number of rotatable bonds is 1. The summed E-state index contributed by atoms with van der Waals surface area (Å²) < 4.78 is 0. The van der Waals surface area contributed by atoms with E-state index in [1.54, 1.807) is 0 Å². The molecule has 0 nitrogen and oxygen atoms in total. The lowest BCUT2D eigenvalue weighted by Crippen LogP contribution is -1.87. The lowest BCUT2D eigenvalue weighted by Gasteiger charge is -2.11. The molecule has 0 heteroatoms. The minimum Gasteiger partial charge on any atom is -0.0620 e. The van der Waals surface area contributed by atoms with Crippen molar-refractivity contribution in [3.8, 4) is 11.1 Å². The van der Waals surface area contributed by atoms with E-state index >= 15 is 0 Å². The van der Waals surface area contributed by atoms with Crippen molar-refractivity contribution >= 4 is 64.6 Å². The van der Waals surface area contributed by atoms with Crippen molar-refractivity contribution in [3.05, 3.63) is 345 Å². The predicted molar refractivity (Wildman–Crippen MR) is 382 cm³/mol. The van der Waals surface area contributed by atoms with Gasteiger partial charge >= 0.3 is 0 Å². The van der Waals surface area contributed by atoms with Crippen molar-refractivity contribution in [1.29, 1.82) is 0 Å². The number of hydrogen-bond donors (Lipinski definition) is 0. The first-order valence-corrected chi connectivity index (χ1v) is 30.3. The Labute approximate surface area is 514 Å². The molecule has 0 amide bonds. The Kier molecular flexibility index (Phi) is 21.8. The Bertz CT molecular complexity index is 4200. The molecule has 0 unspecified atom stereocenters. The summed E-state index contributed by atoms with van der Waals surface area (Å²) in [5.41, 5.74) is 21.6. The Morgan fingerprint density at radius 2 is 0.407 bits per heavy atom. The molecule has 0 bridgehead atoms. The summed E-state index contributed by atoms with van der Waals surface area (Å²) in [6.45, 7) is 30.1. The summed E-state index contributed by atoms with van der Waals surface area (Å²) in [6, 6.07) is 94.8. The molecule has 0 saturated heterocycles. The monoisotopic (exact) mass is 1120 g/mol. The Morgan fingerprint density at radius 3 is 0.733 bits per heavy atom. The molecule has 0 aliphatic rings. The van der Waals surface area contributed by atoms with Crippen LogP contribution in [0.25, 0.3) is 75.8 Å². The average molecular weight is 1120 g/mol. The third kappa shape index (κ3) is 16.7. The first-order chi connectivity index (χ1) is 41.4. The molecular weight excluding hydrogens is 1030 g/mol. The molecule has 0 radical (unpaired) electrons. The highest BCUT2D eigenvalue weighted by Crippen LogP contribution is 2.32. The second-order valence-electron chi connectivity index (χ2n) is 23.3. The molecule has 86 heavy (non-hydrogen) atoms. The molecule has 0 aromatic heterocycles. The van der Waals surface area contributed by atoms with E-state index in [9.17, 15) is 0 Å². The van der Waals surface area contributed by atoms with Crippen molar-refractivity contribution in [2.24, 2.45) is 0 Å². The van der Waals surface area contributed by atoms with Gasteiger partial charge < -0.3 is 0 Å². The zero-order valence-corrected chi connectivity index (χ0v) is 53.4. The van der Waals surface area contributed by atoms with Crippen molar-refractivity contribution < 1.29 is 0 Å². The van der Waals surface area contributed by atoms with Crippen molar-refractivity contribution in [3.63, 3.8) is 0 Å². The van der Waals surface area contributed by atoms with Crippen LogP contribution in [0.3, 0.4) is 0 Å². The highest BCUT2D eigenvalue weighted by atomic mass is 14.1. The van der Waals surface area contributed by atoms with Crippen LogP contribution in [0.1, 0.15) is 77.9 Å². The molecule has 14 aromatic rings. The largest absolute Gasteiger partial charge is 0.0620 e. The summed E-state index contributed by atoms with van der Waals surface area (Å²) in [7, 11) is 0. The highest BCUT2D eigenvalue weighted by molar-refractivity contribution is 6.05. The van der Waals surface area contributed by atoms with Crippen molar-refractivity contribution in [2.45, 2.75) is 96.9 Å². The minimum atomic E-state index is 1.29. The molecular formula is C86H86. The van der Waals surface area contributed by atoms with Crippen molar-refractivity contribution in [1.82, 2.24) is 0 Å². The summed E-state index contributed by atoms with van der Waals surface area (Å²) >= 11 is 0. The van der Waals surface area contributed by atoms with E-state index in [4.69, 9.17) is 0 Å². The molecule has 0 heterocycles. The number of aryl methyl sites for hydroxylation is 14. The van der Waals surface area contributed by atoms with Crippen LogP contribution in [0.2, 0.25) is 0 Å². The maximum absolute atomic E-state index is 2.27. The molecule has 0 aliphatic carbocycles. The van der Waals surface area contributed by atoms with Crippen LogP contribution < -0.4 is 0 Å². The topological polar surface area (TPSA) is 0 Å². The summed E-state index contributed by atoms with van der Waals surface area (Å²) in [5.74, 6) is 0. The molecule has 0 saturated carbocycles. The number of hydrogen-bond acceptors (Lipinski definition) is 0. The highest BCUT2D eigenvalue weighted by Gasteiger charge is 2.07. The first-order valence-electron chi connectivity index (χ1n) is 30.3. The van der Waals surface area contributed by atoms with Crippen LogP contribution in [0.4, 0.5) is 0 Å². The molecule has 0 N–H and O–H groups in total. The van der Waals surface area contributed by atoms with Gasteiger partial charge in [-0.2, -0.15) is 0 Å². The van der Waals surface area contributed by atoms with Gasteiger partial charge in [0.2, 0.25) is 0 Å². The quantitative estimate of drug-likeness (QED) is 0.144. The standard InChI is InChI=1S/2C16H14.C14H14.2C12H12.2C8H10/c1-11-13-7-3-5-9-15(13)12(2)16-10-6-4-8-14(11)16;1-11-7-15-9-13-5-3-4-6-14(13)10-16(15)8-12(11)2;1-11-3-7-13(8-4-11)14-9-5-12(2)6-10-14;1-9-7-11-5-3-4-6-12(11)8-10(9)2;1-9-7-8-11-5-3-4-6-12(11)10(9)2;1-7-3-5-8(2)6-4-7;1-7-5-3-4-6-8(7)2/h2*3-10H,1-2H3;3-10H,1-2H3;2*3-8H,1-2H3;2*3-6H,1-2H3. The molecule has 14 rings (SSSR count). The van der Waals surface area contributed by atoms with Crippen LogP contribution in [-0.4, -0.2) is 0 Å². The van der Waals surface area contributed by atoms with E-state index in [2.05, 4.69) is 364 Å². The van der Waals surface area contributed by atoms with E-state index in [0.717, 1.165) is 0 Å². The third-order valence-corrected chi connectivity index (χ3v) is 16.7. The Morgan fingerprint density at radius 1 is 0.151 bits per heavy atom. The zero-order valence-electron chi connectivity index (χ0n) is 53.4. The number of benzene rings is 14. The third-order valence-electron chi connectivity index (χ3n) is 16.7. The van der Waals surface area contributed by atoms with E-state index in [-0.39, 0.29) is 0 Å². The fourth-order valence-corrected chi connectivity index (χ4v) is 10.6. The molecule has 0 spiro atoms. The molecule has 0 aliphatic heterocycles. The smallest absolute Gasteiger partial charge is 0.0146 e. The van der Waals surface area contributed by atoms with Gasteiger partial charge in [0.15, 0.2) is 0 Å². The fraction of sp³-hybridized carbons (Fsp3) is 0.163. The van der Waals surface area contributed by atoms with Gasteiger partial charge in [-0.3, -0.25) is 0 Å². The van der Waals surface area contributed by atoms with E-state index in [0.29, 0.717) is 0 Å². The van der Waals surface area contributed by atoms with Crippen LogP contribution >= 0.6 is 0 Å². The normalized spacial score (nSPS) is 10.4. The summed E-state index contributed by atoms with van der Waals surface area (Å²) in [5, 5.41) is 16.2. The summed E-state index contributed by atoms with van der Waals surface area (Å²) in [4.78, 5) is 0. The minimum absolute atomic E-state index is 1.29. The first kappa shape index (κ1) is 62.7. The van der Waals surface area contributed by atoms with Gasteiger partial charge in [-0.05, 0) is 240 Å². The number of fused-ring (bicyclic) bond motifs is 6. The lowest BCUT2D eigenvalue weighted by atomic mass is 9.93. The van der Waals surface area contributed by atoms with Gasteiger partial charge in [0.05, 0.1) is 0 Å². The molecule has 0 atom stereocenters. The van der Waals surface area contributed by atoms with E-state index in [1.165, 1.54) is 154 Å². The van der Waals surface area contributed by atoms with Crippen LogP contribution in [0, 0.1) is 96.9 Å². The Balaban J connectivity index is 0.000000132. The van der Waals surface area contributed by atoms with Crippen LogP contribution in [-0.2, 0) is 0 Å². The van der Waals surface area contributed by atoms with E-state index in [1.807, 2.05) is 0 Å². The zero-order chi connectivity index (χ0) is 61.3. The molecule has 14 aromatic carbocycles. The summed E-state index contributed by atoms with van der Waals surface area (Å²) in [6.07, 6.45) is 0. The van der Waals surface area contributed by atoms with Gasteiger partial charge in [-0.15, -0.1) is 0 Å². The fourth-order valence-electron chi connectivity index (χ4n) is 10.6. The lowest BCUT2D eigenvalue weighted by molar-refractivity contribution is 1.34. The second kappa shape index (κ2) is 29.9. The van der Waals surface area contributed by atoms with Gasteiger partial charge in [-0.25, -0.2) is 0 Å². The van der Waals surface area contributed by atoms with Crippen LogP contribution in [0.15, 0.2) is 267 Å². The maximum Gasteiger partial charge on any atom is -0.0146 e. The van der Waals surface area contributed by atoms with Gasteiger partial charge in [0, 0.05) is 0 Å². The van der Waals surface area contributed by atoms with Gasteiger partial charge in [-0.1, -0.05) is 277 Å². The van der Waals surface area contributed by atoms with Crippen molar-refractivity contribution in [2.75, 3.05) is 0 Å². The molecule has 0 fully saturated rings. The second-order valence-corrected chi connectivity index (χ2v) is 23.3. The average Bonchev–Trinajstić information content (AvgIpc) is 1.34. The molecule has 430 valence electrons. The Hall–Kier alpha value is -9.36. The predicted octanol–water partition coefficient (Wildman–Crippen LogP) is 24.7. The SMILES string of the molecule is Cc1c2ccccc2c(C)c2ccccc12.Cc1cc2cc3ccccc3cc2cc1C.Cc1cc2ccccc2cc1C.Cc1ccc(-c2ccc(C)cc2)cc1.Cc1ccc(C)cc1.Cc1ccc2ccccc2c1C.Cc1ccccc1C. The van der Waals surface area contributed by atoms with Gasteiger partial charge in [0.25, 0.3) is 0 Å². The van der Waals surface area contributed by atoms with Crippen LogP contribution in [0.5, 0.6) is 0 Å². The van der Waals surface area contributed by atoms with E-state index < -0.39 is 0 Å². The maximum atomic E-state index is 2.27. The van der Waals surface area contributed by atoms with Gasteiger partial charge in [0.1, 0.15) is 0 Å².